The fraction of sp³-hybridized carbons (Fsp3) is 0.250. The summed E-state index contributed by atoms with van der Waals surface area (Å²) >= 11 is 0. The van der Waals surface area contributed by atoms with Crippen molar-refractivity contribution in [2.75, 3.05) is 5.32 Å². The van der Waals surface area contributed by atoms with Crippen molar-refractivity contribution in [1.29, 1.82) is 5.26 Å². The standard InChI is InChI=1S/C20H22N4O/c1-4-16-7-9-17(10-8-16)15(3)24-20(25)18(12-21)13-23-19-14(2)6-5-11-22-19/h5-11,13,15H,4H2,1-3H3,(H,22,23)(H,24,25)/b18-13-. The highest BCUT2D eigenvalue weighted by molar-refractivity contribution is 5.97. The Balaban J connectivity index is 2.05. The summed E-state index contributed by atoms with van der Waals surface area (Å²) in [5.74, 6) is 0.196. The molecule has 25 heavy (non-hydrogen) atoms. The first-order valence-corrected chi connectivity index (χ1v) is 8.23. The smallest absolute Gasteiger partial charge is 0.263 e. The lowest BCUT2D eigenvalue weighted by molar-refractivity contribution is -0.117. The fourth-order valence-corrected chi connectivity index (χ4v) is 2.33. The van der Waals surface area contributed by atoms with Gasteiger partial charge in [-0.2, -0.15) is 5.26 Å². The molecule has 1 aromatic carbocycles. The number of pyridine rings is 1. The summed E-state index contributed by atoms with van der Waals surface area (Å²) in [6.45, 7) is 5.89. The van der Waals surface area contributed by atoms with Gasteiger partial charge >= 0.3 is 0 Å². The van der Waals surface area contributed by atoms with Gasteiger partial charge in [0.15, 0.2) is 0 Å². The number of aryl methyl sites for hydroxylation is 2. The van der Waals surface area contributed by atoms with Gasteiger partial charge in [-0.25, -0.2) is 4.98 Å². The summed E-state index contributed by atoms with van der Waals surface area (Å²) in [7, 11) is 0. The largest absolute Gasteiger partial charge is 0.345 e. The molecule has 128 valence electrons. The Bertz CT molecular complexity index is 803. The predicted octanol–water partition coefficient (Wildman–Crippen LogP) is 3.65. The van der Waals surface area contributed by atoms with Gasteiger partial charge in [-0.1, -0.05) is 37.3 Å². The van der Waals surface area contributed by atoms with Crippen LogP contribution in [0, 0.1) is 18.3 Å². The second kappa shape index (κ2) is 8.65. The van der Waals surface area contributed by atoms with Crippen molar-refractivity contribution in [2.45, 2.75) is 33.2 Å². The Morgan fingerprint density at radius 2 is 2.04 bits per heavy atom. The topological polar surface area (TPSA) is 77.8 Å². The number of hydrogen-bond donors (Lipinski definition) is 2. The Labute approximate surface area is 148 Å². The molecule has 0 fully saturated rings. The molecule has 0 saturated heterocycles. The molecular formula is C20H22N4O. The molecule has 0 aliphatic heterocycles. The van der Waals surface area contributed by atoms with Gasteiger partial charge < -0.3 is 10.6 Å². The van der Waals surface area contributed by atoms with Crippen molar-refractivity contribution >= 4 is 11.7 Å². The second-order valence-corrected chi connectivity index (χ2v) is 5.77. The van der Waals surface area contributed by atoms with E-state index in [0.717, 1.165) is 17.5 Å². The molecule has 1 heterocycles. The summed E-state index contributed by atoms with van der Waals surface area (Å²) in [5.41, 5.74) is 3.18. The minimum Gasteiger partial charge on any atom is -0.345 e. The summed E-state index contributed by atoms with van der Waals surface area (Å²) in [6, 6.07) is 13.5. The van der Waals surface area contributed by atoms with Gasteiger partial charge in [-0.15, -0.1) is 0 Å². The van der Waals surface area contributed by atoms with E-state index in [0.29, 0.717) is 5.82 Å². The zero-order valence-electron chi connectivity index (χ0n) is 14.7. The van der Waals surface area contributed by atoms with Gasteiger partial charge in [0, 0.05) is 12.4 Å². The summed E-state index contributed by atoms with van der Waals surface area (Å²) in [4.78, 5) is 16.5. The number of amides is 1. The van der Waals surface area contributed by atoms with Crippen molar-refractivity contribution in [2.24, 2.45) is 0 Å². The third-order valence-corrected chi connectivity index (χ3v) is 3.96. The lowest BCUT2D eigenvalue weighted by Gasteiger charge is -2.14. The molecule has 2 N–H and O–H groups in total. The van der Waals surface area contributed by atoms with Crippen molar-refractivity contribution < 1.29 is 4.79 Å². The zero-order valence-corrected chi connectivity index (χ0v) is 14.7. The zero-order chi connectivity index (χ0) is 18.2. The van der Waals surface area contributed by atoms with Gasteiger partial charge in [0.2, 0.25) is 0 Å². The number of nitrogens with one attached hydrogen (secondary N) is 2. The third kappa shape index (κ3) is 4.92. The van der Waals surface area contributed by atoms with E-state index in [1.807, 2.05) is 56.3 Å². The Morgan fingerprint density at radius 3 is 2.64 bits per heavy atom. The van der Waals surface area contributed by atoms with E-state index >= 15 is 0 Å². The van der Waals surface area contributed by atoms with Crippen molar-refractivity contribution in [1.82, 2.24) is 10.3 Å². The maximum absolute atomic E-state index is 12.3. The molecule has 2 aromatic rings. The molecule has 0 aliphatic carbocycles. The van der Waals surface area contributed by atoms with E-state index in [9.17, 15) is 10.1 Å². The molecule has 5 heteroatoms. The van der Waals surface area contributed by atoms with Crippen LogP contribution in [0.1, 0.15) is 36.6 Å². The number of anilines is 1. The van der Waals surface area contributed by atoms with Crippen LogP contribution in [0.15, 0.2) is 54.4 Å². The molecular weight excluding hydrogens is 312 g/mol. The Hall–Kier alpha value is -3.13. The monoisotopic (exact) mass is 334 g/mol. The maximum atomic E-state index is 12.3. The first-order valence-electron chi connectivity index (χ1n) is 8.23. The molecule has 0 aliphatic rings. The summed E-state index contributed by atoms with van der Waals surface area (Å²) < 4.78 is 0. The van der Waals surface area contributed by atoms with Crippen LogP contribution in [0.5, 0.6) is 0 Å². The minimum absolute atomic E-state index is 0.00193. The second-order valence-electron chi connectivity index (χ2n) is 5.77. The number of nitrogens with zero attached hydrogens (tertiary/aromatic N) is 2. The van der Waals surface area contributed by atoms with Gasteiger partial charge in [0.05, 0.1) is 6.04 Å². The summed E-state index contributed by atoms with van der Waals surface area (Å²) in [5, 5.41) is 15.0. The number of hydrogen-bond acceptors (Lipinski definition) is 4. The lowest BCUT2D eigenvalue weighted by atomic mass is 10.0. The van der Waals surface area contributed by atoms with E-state index in [-0.39, 0.29) is 11.6 Å². The van der Waals surface area contributed by atoms with Crippen LogP contribution in [-0.4, -0.2) is 10.9 Å². The average molecular weight is 334 g/mol. The quantitative estimate of drug-likeness (QED) is 0.624. The Kier molecular flexibility index (Phi) is 6.30. The van der Waals surface area contributed by atoms with Crippen molar-refractivity contribution in [3.8, 4) is 6.07 Å². The molecule has 2 rings (SSSR count). The van der Waals surface area contributed by atoms with Crippen LogP contribution in [-0.2, 0) is 11.2 Å². The van der Waals surface area contributed by atoms with Crippen LogP contribution in [0.2, 0.25) is 0 Å². The van der Waals surface area contributed by atoms with Crippen LogP contribution >= 0.6 is 0 Å². The highest BCUT2D eigenvalue weighted by atomic mass is 16.1. The van der Waals surface area contributed by atoms with Crippen LogP contribution in [0.4, 0.5) is 5.82 Å². The highest BCUT2D eigenvalue weighted by Gasteiger charge is 2.14. The first kappa shape index (κ1) is 18.2. The molecule has 1 aromatic heterocycles. The van der Waals surface area contributed by atoms with Crippen molar-refractivity contribution in [3.63, 3.8) is 0 Å². The molecule has 0 bridgehead atoms. The van der Waals surface area contributed by atoms with Crippen LogP contribution in [0.3, 0.4) is 0 Å². The molecule has 0 radical (unpaired) electrons. The van der Waals surface area contributed by atoms with E-state index < -0.39 is 5.91 Å². The van der Waals surface area contributed by atoms with Gasteiger partial charge in [-0.05, 0) is 43.0 Å². The molecule has 1 unspecified atom stereocenters. The van der Waals surface area contributed by atoms with Gasteiger partial charge in [0.1, 0.15) is 17.5 Å². The number of carbonyl (C=O) groups is 1. The number of carbonyl (C=O) groups excluding carboxylic acids is 1. The molecule has 0 saturated carbocycles. The van der Waals surface area contributed by atoms with E-state index in [2.05, 4.69) is 22.5 Å². The van der Waals surface area contributed by atoms with E-state index in [1.54, 1.807) is 6.20 Å². The number of rotatable bonds is 6. The minimum atomic E-state index is -0.421. The normalized spacial score (nSPS) is 12.2. The van der Waals surface area contributed by atoms with Crippen molar-refractivity contribution in [3.05, 3.63) is 71.1 Å². The highest BCUT2D eigenvalue weighted by Crippen LogP contribution is 2.15. The van der Waals surface area contributed by atoms with Crippen LogP contribution in [0.25, 0.3) is 0 Å². The molecule has 5 nitrogen and oxygen atoms in total. The molecule has 1 atom stereocenters. The predicted molar refractivity (Wildman–Crippen MR) is 98.7 cm³/mol. The van der Waals surface area contributed by atoms with E-state index in [1.165, 1.54) is 11.8 Å². The number of benzene rings is 1. The van der Waals surface area contributed by atoms with Gasteiger partial charge in [-0.3, -0.25) is 4.79 Å². The number of aromatic nitrogens is 1. The number of nitriles is 1. The van der Waals surface area contributed by atoms with Crippen LogP contribution < -0.4 is 10.6 Å². The average Bonchev–Trinajstić information content (AvgIpc) is 2.63. The first-order chi connectivity index (χ1) is 12.0. The lowest BCUT2D eigenvalue weighted by Crippen LogP contribution is -2.28. The molecule has 0 spiro atoms. The maximum Gasteiger partial charge on any atom is 0.263 e. The third-order valence-electron chi connectivity index (χ3n) is 3.96. The SMILES string of the molecule is CCc1ccc(C(C)NC(=O)/C(C#N)=C\Nc2ncccc2C)cc1. The van der Waals surface area contributed by atoms with Gasteiger partial charge in [0.25, 0.3) is 5.91 Å². The van der Waals surface area contributed by atoms with E-state index in [4.69, 9.17) is 0 Å². The summed E-state index contributed by atoms with van der Waals surface area (Å²) in [6.07, 6.45) is 4.01. The molecule has 1 amide bonds. The fourth-order valence-electron chi connectivity index (χ4n) is 2.33. The Morgan fingerprint density at radius 1 is 1.32 bits per heavy atom.